The Bertz CT molecular complexity index is 384. The fraction of sp³-hybridized carbons (Fsp3) is 0.600. The Morgan fingerprint density at radius 1 is 1.22 bits per heavy atom. The summed E-state index contributed by atoms with van der Waals surface area (Å²) in [5.41, 5.74) is 2.39. The van der Waals surface area contributed by atoms with Crippen LogP contribution in [0.5, 0.6) is 0 Å². The lowest BCUT2D eigenvalue weighted by molar-refractivity contribution is 0.0339. The first-order valence-corrected chi connectivity index (χ1v) is 6.63. The molecule has 1 heterocycles. The van der Waals surface area contributed by atoms with Gasteiger partial charge in [0, 0.05) is 25.0 Å². The highest BCUT2D eigenvalue weighted by molar-refractivity contribution is 5.33. The van der Waals surface area contributed by atoms with E-state index in [1.54, 1.807) is 0 Å². The van der Waals surface area contributed by atoms with Crippen LogP contribution in [0.25, 0.3) is 0 Å². The molecular formula is C15H23NO2. The maximum atomic E-state index is 9.54. The average Bonchev–Trinajstić information content (AvgIpc) is 2.40. The number of rotatable bonds is 4. The van der Waals surface area contributed by atoms with Crippen LogP contribution in [-0.2, 0) is 16.7 Å². The van der Waals surface area contributed by atoms with Gasteiger partial charge in [-0.1, -0.05) is 38.1 Å². The number of benzene rings is 1. The molecule has 1 aliphatic heterocycles. The van der Waals surface area contributed by atoms with Crippen molar-refractivity contribution >= 4 is 0 Å². The van der Waals surface area contributed by atoms with Gasteiger partial charge in [0.05, 0.1) is 19.8 Å². The lowest BCUT2D eigenvalue weighted by atomic mass is 9.82. The second kappa shape index (κ2) is 5.83. The number of aliphatic hydroxyl groups is 1. The van der Waals surface area contributed by atoms with Crippen molar-refractivity contribution in [3.8, 4) is 0 Å². The molecule has 0 aliphatic carbocycles. The highest BCUT2D eigenvalue weighted by Crippen LogP contribution is 2.26. The molecule has 0 spiro atoms. The number of aliphatic hydroxyl groups excluding tert-OH is 1. The Morgan fingerprint density at radius 2 is 1.89 bits per heavy atom. The summed E-state index contributed by atoms with van der Waals surface area (Å²) >= 11 is 0. The molecule has 0 amide bonds. The second-order valence-corrected chi connectivity index (χ2v) is 5.59. The van der Waals surface area contributed by atoms with Crippen LogP contribution in [0, 0.1) is 0 Å². The zero-order valence-electron chi connectivity index (χ0n) is 11.4. The maximum absolute atomic E-state index is 9.54. The predicted octanol–water partition coefficient (Wildman–Crippen LogP) is 1.79. The zero-order chi connectivity index (χ0) is 13.0. The first kappa shape index (κ1) is 13.5. The van der Waals surface area contributed by atoms with Gasteiger partial charge in [-0.05, 0) is 11.1 Å². The molecule has 100 valence electrons. The first-order valence-electron chi connectivity index (χ1n) is 6.63. The standard InChI is InChI=1S/C15H23NO2/c1-15(2,12-17)14-6-4-3-5-13(14)11-16-7-9-18-10-8-16/h3-6,17H,7-12H2,1-2H3. The minimum Gasteiger partial charge on any atom is -0.395 e. The van der Waals surface area contributed by atoms with E-state index < -0.39 is 0 Å². The van der Waals surface area contributed by atoms with Crippen LogP contribution in [-0.4, -0.2) is 42.9 Å². The molecule has 0 aromatic heterocycles. The molecule has 1 aromatic carbocycles. The van der Waals surface area contributed by atoms with Gasteiger partial charge in [-0.15, -0.1) is 0 Å². The molecule has 2 rings (SSSR count). The summed E-state index contributed by atoms with van der Waals surface area (Å²) < 4.78 is 5.37. The van der Waals surface area contributed by atoms with Crippen LogP contribution in [0.2, 0.25) is 0 Å². The monoisotopic (exact) mass is 249 g/mol. The maximum Gasteiger partial charge on any atom is 0.0594 e. The van der Waals surface area contributed by atoms with E-state index in [1.807, 2.05) is 0 Å². The third-order valence-electron chi connectivity index (χ3n) is 3.64. The first-order chi connectivity index (χ1) is 8.63. The second-order valence-electron chi connectivity index (χ2n) is 5.59. The third-order valence-corrected chi connectivity index (χ3v) is 3.64. The van der Waals surface area contributed by atoms with Gasteiger partial charge >= 0.3 is 0 Å². The van der Waals surface area contributed by atoms with Gasteiger partial charge in [0.1, 0.15) is 0 Å². The quantitative estimate of drug-likeness (QED) is 0.883. The molecule has 0 bridgehead atoms. The van der Waals surface area contributed by atoms with Gasteiger partial charge in [-0.2, -0.15) is 0 Å². The zero-order valence-corrected chi connectivity index (χ0v) is 11.4. The minimum absolute atomic E-state index is 0.174. The van der Waals surface area contributed by atoms with Gasteiger partial charge < -0.3 is 9.84 Å². The molecule has 0 radical (unpaired) electrons. The molecule has 3 nitrogen and oxygen atoms in total. The fourth-order valence-corrected chi connectivity index (χ4v) is 2.40. The topological polar surface area (TPSA) is 32.7 Å². The summed E-state index contributed by atoms with van der Waals surface area (Å²) in [7, 11) is 0. The summed E-state index contributed by atoms with van der Waals surface area (Å²) in [5, 5.41) is 9.54. The Morgan fingerprint density at radius 3 is 2.56 bits per heavy atom. The van der Waals surface area contributed by atoms with Crippen LogP contribution in [0.3, 0.4) is 0 Å². The van der Waals surface area contributed by atoms with Crippen LogP contribution >= 0.6 is 0 Å². The molecule has 1 N–H and O–H groups in total. The van der Waals surface area contributed by atoms with Crippen molar-refractivity contribution in [3.63, 3.8) is 0 Å². The fourth-order valence-electron chi connectivity index (χ4n) is 2.40. The van der Waals surface area contributed by atoms with E-state index in [0.717, 1.165) is 32.8 Å². The Labute approximate surface area is 109 Å². The van der Waals surface area contributed by atoms with E-state index in [0.29, 0.717) is 0 Å². The van der Waals surface area contributed by atoms with Gasteiger partial charge in [0.25, 0.3) is 0 Å². The van der Waals surface area contributed by atoms with Gasteiger partial charge in [-0.25, -0.2) is 0 Å². The molecule has 1 saturated heterocycles. The van der Waals surface area contributed by atoms with Crippen LogP contribution in [0.4, 0.5) is 0 Å². The molecule has 1 aliphatic rings. The number of ether oxygens (including phenoxy) is 1. The summed E-state index contributed by atoms with van der Waals surface area (Å²) in [6, 6.07) is 8.43. The number of morpholine rings is 1. The normalized spacial score (nSPS) is 17.9. The molecule has 0 atom stereocenters. The lowest BCUT2D eigenvalue weighted by Crippen LogP contribution is -2.36. The SMILES string of the molecule is CC(C)(CO)c1ccccc1CN1CCOCC1. The average molecular weight is 249 g/mol. The van der Waals surface area contributed by atoms with Crippen molar-refractivity contribution in [1.29, 1.82) is 0 Å². The van der Waals surface area contributed by atoms with Crippen LogP contribution in [0.1, 0.15) is 25.0 Å². The summed E-state index contributed by atoms with van der Waals surface area (Å²) in [4.78, 5) is 2.41. The molecular weight excluding hydrogens is 226 g/mol. The Balaban J connectivity index is 2.16. The predicted molar refractivity (Wildman–Crippen MR) is 72.6 cm³/mol. The van der Waals surface area contributed by atoms with Crippen molar-refractivity contribution in [2.75, 3.05) is 32.9 Å². The molecule has 0 unspecified atom stereocenters. The third kappa shape index (κ3) is 3.10. The Hall–Kier alpha value is -0.900. The highest BCUT2D eigenvalue weighted by atomic mass is 16.5. The molecule has 18 heavy (non-hydrogen) atoms. The number of hydrogen-bond acceptors (Lipinski definition) is 3. The van der Waals surface area contributed by atoms with Gasteiger partial charge in [-0.3, -0.25) is 4.90 Å². The smallest absolute Gasteiger partial charge is 0.0594 e. The van der Waals surface area contributed by atoms with Gasteiger partial charge in [0.15, 0.2) is 0 Å². The van der Waals surface area contributed by atoms with Crippen LogP contribution in [0.15, 0.2) is 24.3 Å². The molecule has 3 heteroatoms. The van der Waals surface area contributed by atoms with E-state index >= 15 is 0 Å². The van der Waals surface area contributed by atoms with Crippen LogP contribution < -0.4 is 0 Å². The van der Waals surface area contributed by atoms with E-state index in [-0.39, 0.29) is 12.0 Å². The van der Waals surface area contributed by atoms with E-state index in [1.165, 1.54) is 11.1 Å². The van der Waals surface area contributed by atoms with Crippen molar-refractivity contribution in [2.24, 2.45) is 0 Å². The van der Waals surface area contributed by atoms with Crippen molar-refractivity contribution < 1.29 is 9.84 Å². The number of hydrogen-bond donors (Lipinski definition) is 1. The van der Waals surface area contributed by atoms with Crippen molar-refractivity contribution in [3.05, 3.63) is 35.4 Å². The minimum atomic E-state index is -0.178. The summed E-state index contributed by atoms with van der Waals surface area (Å²) in [6.07, 6.45) is 0. The summed E-state index contributed by atoms with van der Waals surface area (Å²) in [5.74, 6) is 0. The van der Waals surface area contributed by atoms with Gasteiger partial charge in [0.2, 0.25) is 0 Å². The molecule has 1 fully saturated rings. The largest absolute Gasteiger partial charge is 0.395 e. The molecule has 0 saturated carbocycles. The van der Waals surface area contributed by atoms with E-state index in [2.05, 4.69) is 43.0 Å². The Kier molecular flexibility index (Phi) is 4.38. The van der Waals surface area contributed by atoms with Crippen molar-refractivity contribution in [1.82, 2.24) is 4.90 Å². The van der Waals surface area contributed by atoms with Crippen molar-refractivity contribution in [2.45, 2.75) is 25.8 Å². The summed E-state index contributed by atoms with van der Waals surface area (Å²) in [6.45, 7) is 8.94. The lowest BCUT2D eigenvalue weighted by Gasteiger charge is -2.30. The number of nitrogens with zero attached hydrogens (tertiary/aromatic N) is 1. The molecule has 1 aromatic rings. The highest BCUT2D eigenvalue weighted by Gasteiger charge is 2.23. The van der Waals surface area contributed by atoms with E-state index in [4.69, 9.17) is 4.74 Å². The van der Waals surface area contributed by atoms with E-state index in [9.17, 15) is 5.11 Å².